The van der Waals surface area contributed by atoms with Crippen molar-refractivity contribution >= 4 is 23.2 Å². The molecule has 0 bridgehead atoms. The van der Waals surface area contributed by atoms with Crippen LogP contribution in [-0.4, -0.2) is 46.4 Å². The maximum Gasteiger partial charge on any atom is 0.303 e. The van der Waals surface area contributed by atoms with Gasteiger partial charge in [-0.1, -0.05) is 0 Å². The number of hydrogen-bond donors (Lipinski definition) is 2. The Morgan fingerprint density at radius 3 is 2.54 bits per heavy atom. The number of nitrogens with zero attached hydrogens (tertiary/aromatic N) is 4. The summed E-state index contributed by atoms with van der Waals surface area (Å²) in [5, 5.41) is 5.72. The molecule has 0 aliphatic carbocycles. The average molecular weight is 392 g/mol. The van der Waals surface area contributed by atoms with Gasteiger partial charge in [0.25, 0.3) is 0 Å². The van der Waals surface area contributed by atoms with Crippen LogP contribution in [0.5, 0.6) is 0 Å². The predicted molar refractivity (Wildman–Crippen MR) is 105 cm³/mol. The summed E-state index contributed by atoms with van der Waals surface area (Å²) < 4.78 is 27.3. The number of nitrogens with one attached hydrogen (secondary N) is 2. The highest BCUT2D eigenvalue weighted by molar-refractivity contribution is 5.88. The molecule has 0 fully saturated rings. The van der Waals surface area contributed by atoms with Gasteiger partial charge in [0.05, 0.1) is 0 Å². The molecule has 0 spiro atoms. The normalized spacial score (nSPS) is 11.6. The average Bonchev–Trinajstić information content (AvgIpc) is 2.54. The van der Waals surface area contributed by atoms with Crippen molar-refractivity contribution in [1.82, 2.24) is 19.9 Å². The second kappa shape index (κ2) is 9.01. The van der Waals surface area contributed by atoms with Crippen LogP contribution in [0.3, 0.4) is 0 Å². The van der Waals surface area contributed by atoms with Gasteiger partial charge in [-0.3, -0.25) is 4.79 Å². The number of aromatic nitrogens is 3. The minimum Gasteiger partial charge on any atom is -0.340 e. The number of carbonyl (C=O) groups excluding carboxylic acids is 1. The van der Waals surface area contributed by atoms with Crippen LogP contribution in [0, 0.1) is 6.92 Å². The van der Waals surface area contributed by atoms with Gasteiger partial charge in [-0.2, -0.15) is 8.78 Å². The zero-order valence-corrected chi connectivity index (χ0v) is 16.8. The minimum absolute atomic E-state index is 0.246. The molecular formula is C19H26F2N6O. The molecule has 28 heavy (non-hydrogen) atoms. The maximum absolute atomic E-state index is 13.7. The van der Waals surface area contributed by atoms with Crippen molar-refractivity contribution in [3.8, 4) is 0 Å². The molecule has 2 heterocycles. The summed E-state index contributed by atoms with van der Waals surface area (Å²) in [5.41, 5.74) is 1.98. The smallest absolute Gasteiger partial charge is 0.303 e. The summed E-state index contributed by atoms with van der Waals surface area (Å²) in [4.78, 5) is 25.4. The van der Waals surface area contributed by atoms with Crippen LogP contribution in [0.15, 0.2) is 18.3 Å². The van der Waals surface area contributed by atoms with Gasteiger partial charge >= 0.3 is 5.92 Å². The maximum atomic E-state index is 13.7. The predicted octanol–water partition coefficient (Wildman–Crippen LogP) is 3.49. The lowest BCUT2D eigenvalue weighted by molar-refractivity contribution is -0.114. The molecule has 7 nitrogen and oxygen atoms in total. The van der Waals surface area contributed by atoms with E-state index in [0.29, 0.717) is 17.2 Å². The van der Waals surface area contributed by atoms with Gasteiger partial charge in [-0.05, 0) is 46.0 Å². The number of alkyl halides is 2. The van der Waals surface area contributed by atoms with Crippen molar-refractivity contribution in [1.29, 1.82) is 0 Å². The molecule has 0 saturated heterocycles. The van der Waals surface area contributed by atoms with Crippen molar-refractivity contribution in [2.75, 3.05) is 31.3 Å². The number of aryl methyl sites for hydroxylation is 2. The molecule has 2 N–H and O–H groups in total. The number of rotatable bonds is 8. The quantitative estimate of drug-likeness (QED) is 0.716. The molecule has 0 aromatic carbocycles. The van der Waals surface area contributed by atoms with Crippen LogP contribution < -0.4 is 10.6 Å². The number of pyridine rings is 1. The van der Waals surface area contributed by atoms with E-state index in [2.05, 4.69) is 30.5 Å². The Hall–Kier alpha value is -2.68. The van der Waals surface area contributed by atoms with Crippen LogP contribution in [0.25, 0.3) is 0 Å². The first kappa shape index (κ1) is 21.6. The van der Waals surface area contributed by atoms with E-state index in [1.807, 2.05) is 14.1 Å². The van der Waals surface area contributed by atoms with E-state index in [9.17, 15) is 13.6 Å². The van der Waals surface area contributed by atoms with Crippen molar-refractivity contribution in [2.24, 2.45) is 0 Å². The molecule has 152 valence electrons. The summed E-state index contributed by atoms with van der Waals surface area (Å²) in [6.45, 7) is 4.68. The van der Waals surface area contributed by atoms with Crippen LogP contribution in [0.4, 0.5) is 26.1 Å². The second-order valence-corrected chi connectivity index (χ2v) is 7.05. The van der Waals surface area contributed by atoms with Gasteiger partial charge < -0.3 is 15.5 Å². The van der Waals surface area contributed by atoms with Gasteiger partial charge in [-0.15, -0.1) is 0 Å². The molecule has 9 heteroatoms. The topological polar surface area (TPSA) is 83.0 Å². The van der Waals surface area contributed by atoms with Gasteiger partial charge in [-0.25, -0.2) is 15.0 Å². The lowest BCUT2D eigenvalue weighted by atomic mass is 10.1. The molecule has 0 radical (unpaired) electrons. The van der Waals surface area contributed by atoms with Crippen molar-refractivity contribution < 1.29 is 13.6 Å². The molecule has 2 aromatic rings. The highest BCUT2D eigenvalue weighted by atomic mass is 19.3. The first-order valence-corrected chi connectivity index (χ1v) is 8.97. The Morgan fingerprint density at radius 2 is 1.93 bits per heavy atom. The Kier molecular flexibility index (Phi) is 6.95. The summed E-state index contributed by atoms with van der Waals surface area (Å²) in [7, 11) is 3.99. The SMILES string of the molecule is CC(=O)Nc1cc(Nc2cc(C)nc(C(C)(F)F)n2)c(CCCN(C)C)cn1. The third kappa shape index (κ3) is 6.49. The van der Waals surface area contributed by atoms with E-state index in [1.54, 1.807) is 25.3 Å². The molecule has 0 atom stereocenters. The number of halogens is 2. The Labute approximate surface area is 163 Å². The third-order valence-electron chi connectivity index (χ3n) is 3.85. The first-order chi connectivity index (χ1) is 13.0. The summed E-state index contributed by atoms with van der Waals surface area (Å²) in [5.74, 6) is -3.29. The van der Waals surface area contributed by atoms with E-state index in [4.69, 9.17) is 0 Å². The molecule has 2 rings (SSSR count). The fraction of sp³-hybridized carbons (Fsp3) is 0.474. The molecule has 0 unspecified atom stereocenters. The lowest BCUT2D eigenvalue weighted by Gasteiger charge is -2.16. The monoisotopic (exact) mass is 392 g/mol. The van der Waals surface area contributed by atoms with Crippen LogP contribution in [0.1, 0.15) is 37.4 Å². The number of anilines is 3. The number of amides is 1. The van der Waals surface area contributed by atoms with Crippen LogP contribution in [0.2, 0.25) is 0 Å². The van der Waals surface area contributed by atoms with E-state index in [-0.39, 0.29) is 11.7 Å². The molecule has 1 amide bonds. The van der Waals surface area contributed by atoms with E-state index < -0.39 is 11.7 Å². The largest absolute Gasteiger partial charge is 0.340 e. The standard InChI is InChI=1S/C19H26F2N6O/c1-12-9-17(26-18(23-12)19(3,20)21)25-15-10-16(24-13(2)28)22-11-14(15)7-6-8-27(4)5/h9-11H,6-8H2,1-5H3,(H2,22,23,24,25,26,28). The summed E-state index contributed by atoms with van der Waals surface area (Å²) in [6.07, 6.45) is 3.30. The zero-order chi connectivity index (χ0) is 20.9. The molecule has 0 saturated carbocycles. The van der Waals surface area contributed by atoms with Crippen molar-refractivity contribution in [3.05, 3.63) is 35.4 Å². The highest BCUT2D eigenvalue weighted by Crippen LogP contribution is 2.28. The summed E-state index contributed by atoms with van der Waals surface area (Å²) >= 11 is 0. The summed E-state index contributed by atoms with van der Waals surface area (Å²) in [6, 6.07) is 3.27. The lowest BCUT2D eigenvalue weighted by Crippen LogP contribution is -2.15. The Morgan fingerprint density at radius 1 is 1.21 bits per heavy atom. The highest BCUT2D eigenvalue weighted by Gasteiger charge is 2.29. The van der Waals surface area contributed by atoms with Gasteiger partial charge in [0.1, 0.15) is 11.6 Å². The second-order valence-electron chi connectivity index (χ2n) is 7.05. The van der Waals surface area contributed by atoms with Crippen LogP contribution in [-0.2, 0) is 17.1 Å². The molecule has 0 aliphatic rings. The fourth-order valence-corrected chi connectivity index (χ4v) is 2.60. The van der Waals surface area contributed by atoms with Crippen molar-refractivity contribution in [2.45, 2.75) is 39.5 Å². The third-order valence-corrected chi connectivity index (χ3v) is 3.85. The molecule has 2 aromatic heterocycles. The first-order valence-electron chi connectivity index (χ1n) is 8.97. The fourth-order valence-electron chi connectivity index (χ4n) is 2.60. The number of hydrogen-bond acceptors (Lipinski definition) is 6. The van der Waals surface area contributed by atoms with E-state index in [1.165, 1.54) is 6.92 Å². The van der Waals surface area contributed by atoms with Gasteiger partial charge in [0, 0.05) is 43.6 Å². The zero-order valence-electron chi connectivity index (χ0n) is 16.8. The van der Waals surface area contributed by atoms with Gasteiger partial charge in [0.15, 0.2) is 0 Å². The Bertz CT molecular complexity index is 836. The minimum atomic E-state index is -3.14. The van der Waals surface area contributed by atoms with Crippen LogP contribution >= 0.6 is 0 Å². The van der Waals surface area contributed by atoms with E-state index in [0.717, 1.165) is 31.9 Å². The van der Waals surface area contributed by atoms with Gasteiger partial charge in [0.2, 0.25) is 11.7 Å². The molecular weight excluding hydrogens is 366 g/mol. The van der Waals surface area contributed by atoms with Crippen molar-refractivity contribution in [3.63, 3.8) is 0 Å². The van der Waals surface area contributed by atoms with E-state index >= 15 is 0 Å². The molecule has 0 aliphatic heterocycles. The Balaban J connectivity index is 2.35. The number of carbonyl (C=O) groups is 1.